The molecule has 0 aromatic heterocycles. The molecule has 1 saturated carbocycles. The van der Waals surface area contributed by atoms with E-state index in [1.165, 1.54) is 7.05 Å². The van der Waals surface area contributed by atoms with Gasteiger partial charge < -0.3 is 10.1 Å². The van der Waals surface area contributed by atoms with E-state index in [9.17, 15) is 26.3 Å². The zero-order chi connectivity index (χ0) is 13.3. The molecule has 0 spiro atoms. The molecule has 1 aliphatic rings. The van der Waals surface area contributed by atoms with Crippen LogP contribution in [0.1, 0.15) is 19.3 Å². The molecule has 102 valence electrons. The lowest BCUT2D eigenvalue weighted by Gasteiger charge is -2.28. The molecule has 8 heteroatoms. The Hall–Kier alpha value is -0.500. The van der Waals surface area contributed by atoms with Crippen molar-refractivity contribution in [3.63, 3.8) is 0 Å². The molecule has 0 aliphatic heterocycles. The topological polar surface area (TPSA) is 21.3 Å². The first-order chi connectivity index (χ1) is 7.66. The number of nitrogens with one attached hydrogen (secondary N) is 1. The van der Waals surface area contributed by atoms with Crippen LogP contribution in [0.25, 0.3) is 0 Å². The molecule has 17 heavy (non-hydrogen) atoms. The first-order valence-corrected chi connectivity index (χ1v) is 5.12. The molecule has 0 aromatic carbocycles. The molecule has 0 amide bonds. The Bertz CT molecular complexity index is 237. The SMILES string of the molecule is CNC1CCCC1OC(C(F)(F)F)C(F)(F)F. The van der Waals surface area contributed by atoms with Crippen LogP contribution in [0.3, 0.4) is 0 Å². The third-order valence-electron chi connectivity index (χ3n) is 2.73. The van der Waals surface area contributed by atoms with E-state index in [1.807, 2.05) is 0 Å². The first kappa shape index (κ1) is 14.6. The van der Waals surface area contributed by atoms with E-state index in [1.54, 1.807) is 0 Å². The van der Waals surface area contributed by atoms with Crippen LogP contribution in [-0.4, -0.2) is 37.7 Å². The Morgan fingerprint density at radius 3 is 2.00 bits per heavy atom. The van der Waals surface area contributed by atoms with Gasteiger partial charge in [0.25, 0.3) is 0 Å². The minimum absolute atomic E-state index is 0.203. The summed E-state index contributed by atoms with van der Waals surface area (Å²) in [5.74, 6) is 0. The number of rotatable bonds is 3. The van der Waals surface area contributed by atoms with Crippen LogP contribution >= 0.6 is 0 Å². The number of ether oxygens (including phenoxy) is 1. The van der Waals surface area contributed by atoms with Crippen molar-refractivity contribution in [2.45, 2.75) is 49.9 Å². The van der Waals surface area contributed by atoms with E-state index in [0.717, 1.165) is 0 Å². The third kappa shape index (κ3) is 3.74. The molecule has 0 radical (unpaired) electrons. The Morgan fingerprint density at radius 2 is 1.59 bits per heavy atom. The highest BCUT2D eigenvalue weighted by molar-refractivity contribution is 4.86. The van der Waals surface area contributed by atoms with Crippen LogP contribution in [0, 0.1) is 0 Å². The lowest BCUT2D eigenvalue weighted by atomic mass is 10.2. The molecule has 0 aromatic rings. The standard InChI is InChI=1S/C9H13F6NO/c1-16-5-3-2-4-6(5)17-7(8(10,11)12)9(13,14)15/h5-7,16H,2-4H2,1H3. The lowest BCUT2D eigenvalue weighted by Crippen LogP contribution is -2.49. The second kappa shape index (κ2) is 5.01. The predicted molar refractivity (Wildman–Crippen MR) is 47.5 cm³/mol. The molecule has 1 rings (SSSR count). The van der Waals surface area contributed by atoms with Crippen molar-refractivity contribution < 1.29 is 31.1 Å². The van der Waals surface area contributed by atoms with E-state index < -0.39 is 30.6 Å². The average molecular weight is 265 g/mol. The van der Waals surface area contributed by atoms with Gasteiger partial charge in [0.2, 0.25) is 6.10 Å². The van der Waals surface area contributed by atoms with Crippen molar-refractivity contribution in [3.8, 4) is 0 Å². The van der Waals surface area contributed by atoms with Crippen LogP contribution < -0.4 is 5.32 Å². The quantitative estimate of drug-likeness (QED) is 0.792. The van der Waals surface area contributed by atoms with Crippen molar-refractivity contribution in [1.82, 2.24) is 5.32 Å². The van der Waals surface area contributed by atoms with Gasteiger partial charge in [-0.1, -0.05) is 0 Å². The molecule has 1 N–H and O–H groups in total. The first-order valence-electron chi connectivity index (χ1n) is 5.12. The summed E-state index contributed by atoms with van der Waals surface area (Å²) in [6, 6.07) is -0.456. The number of hydrogen-bond acceptors (Lipinski definition) is 2. The summed E-state index contributed by atoms with van der Waals surface area (Å²) in [5.41, 5.74) is 0. The maximum Gasteiger partial charge on any atom is 0.423 e. The van der Waals surface area contributed by atoms with Gasteiger partial charge in [0, 0.05) is 6.04 Å². The molecule has 2 atom stereocenters. The van der Waals surface area contributed by atoms with Crippen molar-refractivity contribution in [3.05, 3.63) is 0 Å². The summed E-state index contributed by atoms with van der Waals surface area (Å²) in [6.45, 7) is 0. The van der Waals surface area contributed by atoms with Crippen molar-refractivity contribution >= 4 is 0 Å². The van der Waals surface area contributed by atoms with Crippen LogP contribution in [0.15, 0.2) is 0 Å². The van der Waals surface area contributed by atoms with Gasteiger partial charge in [-0.2, -0.15) is 26.3 Å². The monoisotopic (exact) mass is 265 g/mol. The van der Waals surface area contributed by atoms with E-state index >= 15 is 0 Å². The van der Waals surface area contributed by atoms with E-state index in [-0.39, 0.29) is 6.42 Å². The lowest BCUT2D eigenvalue weighted by molar-refractivity contribution is -0.331. The highest BCUT2D eigenvalue weighted by atomic mass is 19.4. The maximum absolute atomic E-state index is 12.2. The molecule has 0 heterocycles. The molecular formula is C9H13F6NO. The van der Waals surface area contributed by atoms with Gasteiger partial charge in [0.05, 0.1) is 6.10 Å². The summed E-state index contributed by atoms with van der Waals surface area (Å²) in [7, 11) is 1.49. The third-order valence-corrected chi connectivity index (χ3v) is 2.73. The normalized spacial score (nSPS) is 26.8. The number of alkyl halides is 6. The summed E-state index contributed by atoms with van der Waals surface area (Å²) >= 11 is 0. The molecule has 0 bridgehead atoms. The highest BCUT2D eigenvalue weighted by Gasteiger charge is 2.59. The van der Waals surface area contributed by atoms with Crippen LogP contribution in [0.2, 0.25) is 0 Å². The second-order valence-electron chi connectivity index (χ2n) is 3.96. The number of hydrogen-bond donors (Lipinski definition) is 1. The van der Waals surface area contributed by atoms with Gasteiger partial charge in [-0.3, -0.25) is 0 Å². The average Bonchev–Trinajstić information content (AvgIpc) is 2.57. The van der Waals surface area contributed by atoms with Gasteiger partial charge in [-0.15, -0.1) is 0 Å². The van der Waals surface area contributed by atoms with Crippen LogP contribution in [-0.2, 0) is 4.74 Å². The molecule has 2 nitrogen and oxygen atoms in total. The fourth-order valence-corrected chi connectivity index (χ4v) is 1.93. The van der Waals surface area contributed by atoms with Gasteiger partial charge >= 0.3 is 12.4 Å². The Kier molecular flexibility index (Phi) is 4.29. The van der Waals surface area contributed by atoms with Gasteiger partial charge in [-0.05, 0) is 26.3 Å². The predicted octanol–water partition coefficient (Wildman–Crippen LogP) is 2.64. The van der Waals surface area contributed by atoms with E-state index in [2.05, 4.69) is 10.1 Å². The largest absolute Gasteiger partial charge is 0.423 e. The zero-order valence-electron chi connectivity index (χ0n) is 9.03. The summed E-state index contributed by atoms with van der Waals surface area (Å²) in [6.07, 6.45) is -14.3. The van der Waals surface area contributed by atoms with Gasteiger partial charge in [-0.25, -0.2) is 0 Å². The van der Waals surface area contributed by atoms with Crippen LogP contribution in [0.5, 0.6) is 0 Å². The Balaban J connectivity index is 2.74. The molecule has 1 fully saturated rings. The maximum atomic E-state index is 12.2. The van der Waals surface area contributed by atoms with E-state index in [0.29, 0.717) is 12.8 Å². The van der Waals surface area contributed by atoms with Gasteiger partial charge in [0.15, 0.2) is 0 Å². The van der Waals surface area contributed by atoms with Crippen molar-refractivity contribution in [2.24, 2.45) is 0 Å². The number of halogens is 6. The summed E-state index contributed by atoms with van der Waals surface area (Å²) < 4.78 is 77.6. The zero-order valence-corrected chi connectivity index (χ0v) is 9.03. The fourth-order valence-electron chi connectivity index (χ4n) is 1.93. The van der Waals surface area contributed by atoms with Gasteiger partial charge in [0.1, 0.15) is 0 Å². The smallest absolute Gasteiger partial charge is 0.356 e. The molecule has 1 aliphatic carbocycles. The molecular weight excluding hydrogens is 252 g/mol. The minimum Gasteiger partial charge on any atom is -0.356 e. The van der Waals surface area contributed by atoms with E-state index in [4.69, 9.17) is 0 Å². The van der Waals surface area contributed by atoms with Crippen molar-refractivity contribution in [2.75, 3.05) is 7.05 Å². The second-order valence-corrected chi connectivity index (χ2v) is 3.96. The highest BCUT2D eigenvalue weighted by Crippen LogP contribution is 2.38. The number of likely N-dealkylation sites (N-methyl/N-ethyl adjacent to an activating group) is 1. The van der Waals surface area contributed by atoms with Crippen molar-refractivity contribution in [1.29, 1.82) is 0 Å². The minimum atomic E-state index is -5.43. The fraction of sp³-hybridized carbons (Fsp3) is 1.00. The molecule has 2 unspecified atom stereocenters. The summed E-state index contributed by atoms with van der Waals surface area (Å²) in [4.78, 5) is 0. The summed E-state index contributed by atoms with van der Waals surface area (Å²) in [5, 5.41) is 2.66. The Morgan fingerprint density at radius 1 is 1.06 bits per heavy atom. The molecule has 0 saturated heterocycles. The van der Waals surface area contributed by atoms with Crippen LogP contribution in [0.4, 0.5) is 26.3 Å². The Labute approximate surface area is 94.3 Å².